The van der Waals surface area contributed by atoms with Gasteiger partial charge in [-0.05, 0) is 98.9 Å². The molecule has 3 heteroatoms. The number of fused-ring (bicyclic) bond motifs is 9. The summed E-state index contributed by atoms with van der Waals surface area (Å²) < 4.78 is 9.09. The lowest BCUT2D eigenvalue weighted by Crippen LogP contribution is -2.11. The molecule has 11 aromatic carbocycles. The molecule has 304 valence electrons. The van der Waals surface area contributed by atoms with E-state index in [1.54, 1.807) is 0 Å². The van der Waals surface area contributed by atoms with E-state index in [2.05, 4.69) is 246 Å². The van der Waals surface area contributed by atoms with E-state index in [9.17, 15) is 0 Å². The minimum atomic E-state index is 0.884. The fourth-order valence-corrected chi connectivity index (χ4v) is 10.3. The van der Waals surface area contributed by atoms with Gasteiger partial charge in [-0.3, -0.25) is 0 Å². The number of nitrogens with zero attached hydrogens (tertiary/aromatic N) is 2. The normalized spacial score (nSPS) is 11.7. The van der Waals surface area contributed by atoms with E-state index in [1.807, 2.05) is 6.07 Å². The molecule has 65 heavy (non-hydrogen) atoms. The summed E-state index contributed by atoms with van der Waals surface area (Å²) in [5.74, 6) is 0. The highest BCUT2D eigenvalue weighted by atomic mass is 16.3. The smallest absolute Gasteiger partial charge is 0.143 e. The molecule has 0 saturated carbocycles. The van der Waals surface area contributed by atoms with Crippen molar-refractivity contribution in [3.63, 3.8) is 0 Å². The summed E-state index contributed by atoms with van der Waals surface area (Å²) in [7, 11) is 0. The first-order chi connectivity index (χ1) is 32.3. The third kappa shape index (κ3) is 5.97. The van der Waals surface area contributed by atoms with Crippen LogP contribution in [0, 0.1) is 0 Å². The molecule has 0 spiro atoms. The second kappa shape index (κ2) is 15.0. The van der Waals surface area contributed by atoms with Gasteiger partial charge >= 0.3 is 0 Å². The summed E-state index contributed by atoms with van der Waals surface area (Å²) in [6.07, 6.45) is 0. The van der Waals surface area contributed by atoms with Gasteiger partial charge in [0.05, 0.1) is 22.4 Å². The predicted molar refractivity (Wildman–Crippen MR) is 274 cm³/mol. The first-order valence-electron chi connectivity index (χ1n) is 22.3. The third-order valence-electron chi connectivity index (χ3n) is 13.2. The van der Waals surface area contributed by atoms with Crippen molar-refractivity contribution in [1.29, 1.82) is 0 Å². The van der Waals surface area contributed by atoms with Crippen LogP contribution in [0.2, 0.25) is 0 Å². The van der Waals surface area contributed by atoms with Crippen LogP contribution < -0.4 is 4.90 Å². The monoisotopic (exact) mass is 828 g/mol. The number of para-hydroxylation sites is 6. The Kier molecular flexibility index (Phi) is 8.53. The van der Waals surface area contributed by atoms with Crippen LogP contribution in [0.25, 0.3) is 104 Å². The summed E-state index contributed by atoms with van der Waals surface area (Å²) in [6.45, 7) is 0. The first-order valence-corrected chi connectivity index (χ1v) is 22.3. The Morgan fingerprint density at radius 1 is 0.323 bits per heavy atom. The summed E-state index contributed by atoms with van der Waals surface area (Å²) in [6, 6.07) is 87.7. The van der Waals surface area contributed by atoms with Gasteiger partial charge in [-0.25, -0.2) is 0 Å². The maximum absolute atomic E-state index is 6.68. The van der Waals surface area contributed by atoms with Crippen LogP contribution in [0.4, 0.5) is 17.1 Å². The lowest BCUT2D eigenvalue weighted by Gasteiger charge is -2.28. The second-order valence-electron chi connectivity index (χ2n) is 16.8. The highest BCUT2D eigenvalue weighted by Crippen LogP contribution is 2.46. The molecule has 13 aromatic rings. The Bertz CT molecular complexity index is 3910. The zero-order valence-corrected chi connectivity index (χ0v) is 35.4. The van der Waals surface area contributed by atoms with Gasteiger partial charge < -0.3 is 13.9 Å². The van der Waals surface area contributed by atoms with Crippen LogP contribution in [-0.2, 0) is 0 Å². The van der Waals surface area contributed by atoms with Crippen molar-refractivity contribution >= 4 is 82.4 Å². The molecule has 0 radical (unpaired) electrons. The van der Waals surface area contributed by atoms with E-state index >= 15 is 0 Å². The second-order valence-corrected chi connectivity index (χ2v) is 16.8. The zero-order chi connectivity index (χ0) is 42.8. The average molecular weight is 829 g/mol. The van der Waals surface area contributed by atoms with Gasteiger partial charge in [0.1, 0.15) is 11.2 Å². The standard InChI is InChI=1S/C62H40N2O/c1-2-20-46-43(17-1)40-56(49-23-4-3-22-48(46)49)42-18-15-19-45(39-42)63(58-31-11-8-26-52(58)54-28-16-29-55-53-27-9-14-34-61(53)65-62(54)55)44-37-35-41(36-38-44)47-21-5-10-30-57(47)64-59-32-12-6-24-50(59)51-25-7-13-33-60(51)64/h1-40H. The zero-order valence-electron chi connectivity index (χ0n) is 35.4. The number of furan rings is 1. The molecule has 0 amide bonds. The molecular weight excluding hydrogens is 789 g/mol. The topological polar surface area (TPSA) is 21.3 Å². The minimum absolute atomic E-state index is 0.884. The molecule has 2 heterocycles. The van der Waals surface area contributed by atoms with Gasteiger partial charge in [0.2, 0.25) is 0 Å². The summed E-state index contributed by atoms with van der Waals surface area (Å²) in [5, 5.41) is 9.70. The molecule has 0 atom stereocenters. The molecule has 0 N–H and O–H groups in total. The fourth-order valence-electron chi connectivity index (χ4n) is 10.3. The Hall–Kier alpha value is -8.66. The maximum Gasteiger partial charge on any atom is 0.143 e. The van der Waals surface area contributed by atoms with E-state index in [-0.39, 0.29) is 0 Å². The average Bonchev–Trinajstić information content (AvgIpc) is 3.93. The molecule has 0 aliphatic heterocycles. The molecule has 0 aliphatic carbocycles. The largest absolute Gasteiger partial charge is 0.455 e. The van der Waals surface area contributed by atoms with Crippen molar-refractivity contribution in [3.05, 3.63) is 243 Å². The quantitative estimate of drug-likeness (QED) is 0.149. The molecule has 0 saturated heterocycles. The number of hydrogen-bond acceptors (Lipinski definition) is 2. The van der Waals surface area contributed by atoms with E-state index < -0.39 is 0 Å². The highest BCUT2D eigenvalue weighted by molar-refractivity contribution is 6.15. The van der Waals surface area contributed by atoms with Crippen LogP contribution in [-0.4, -0.2) is 4.57 Å². The third-order valence-corrected chi connectivity index (χ3v) is 13.2. The SMILES string of the molecule is c1cc(-c2cc3ccccc3c3ccccc23)cc(N(c2ccc(-c3ccccc3-n3c4ccccc4c4ccccc43)cc2)c2ccccc2-c2cccc3c2oc2ccccc23)c1. The lowest BCUT2D eigenvalue weighted by molar-refractivity contribution is 0.670. The Labute approximate surface area is 376 Å². The number of anilines is 3. The highest BCUT2D eigenvalue weighted by Gasteiger charge is 2.22. The molecule has 13 rings (SSSR count). The molecular formula is C62H40N2O. The van der Waals surface area contributed by atoms with Crippen LogP contribution in [0.5, 0.6) is 0 Å². The van der Waals surface area contributed by atoms with Gasteiger partial charge in [0, 0.05) is 49.6 Å². The summed E-state index contributed by atoms with van der Waals surface area (Å²) in [4.78, 5) is 2.41. The Balaban J connectivity index is 1.00. The first kappa shape index (κ1) is 36.9. The van der Waals surface area contributed by atoms with Gasteiger partial charge in [0.25, 0.3) is 0 Å². The number of benzene rings is 11. The number of hydrogen-bond donors (Lipinski definition) is 0. The molecule has 0 aliphatic rings. The van der Waals surface area contributed by atoms with Crippen LogP contribution in [0.3, 0.4) is 0 Å². The maximum atomic E-state index is 6.68. The fraction of sp³-hybridized carbons (Fsp3) is 0. The van der Waals surface area contributed by atoms with Gasteiger partial charge in [-0.1, -0.05) is 182 Å². The van der Waals surface area contributed by atoms with Crippen LogP contribution in [0.15, 0.2) is 247 Å². The number of rotatable bonds is 7. The predicted octanol–water partition coefficient (Wildman–Crippen LogP) is 17.5. The van der Waals surface area contributed by atoms with E-state index in [4.69, 9.17) is 4.42 Å². The van der Waals surface area contributed by atoms with Gasteiger partial charge in [0.15, 0.2) is 0 Å². The van der Waals surface area contributed by atoms with Crippen molar-refractivity contribution in [3.8, 4) is 39.1 Å². The van der Waals surface area contributed by atoms with E-state index in [1.165, 1.54) is 54.5 Å². The minimum Gasteiger partial charge on any atom is -0.455 e. The van der Waals surface area contributed by atoms with Crippen molar-refractivity contribution in [2.45, 2.75) is 0 Å². The van der Waals surface area contributed by atoms with Crippen LogP contribution >= 0.6 is 0 Å². The lowest BCUT2D eigenvalue weighted by atomic mass is 9.93. The molecule has 0 unspecified atom stereocenters. The van der Waals surface area contributed by atoms with Crippen molar-refractivity contribution in [1.82, 2.24) is 4.57 Å². The molecule has 3 nitrogen and oxygen atoms in total. The number of aromatic nitrogens is 1. The van der Waals surface area contributed by atoms with Crippen molar-refractivity contribution in [2.75, 3.05) is 4.90 Å². The molecule has 0 bridgehead atoms. The Morgan fingerprint density at radius 3 is 1.71 bits per heavy atom. The summed E-state index contributed by atoms with van der Waals surface area (Å²) >= 11 is 0. The van der Waals surface area contributed by atoms with Crippen molar-refractivity contribution in [2.24, 2.45) is 0 Å². The summed E-state index contributed by atoms with van der Waals surface area (Å²) in [5.41, 5.74) is 15.3. The van der Waals surface area contributed by atoms with Crippen molar-refractivity contribution < 1.29 is 4.42 Å². The Morgan fingerprint density at radius 2 is 0.908 bits per heavy atom. The molecule has 0 fully saturated rings. The van der Waals surface area contributed by atoms with Gasteiger partial charge in [-0.2, -0.15) is 0 Å². The van der Waals surface area contributed by atoms with E-state index in [0.29, 0.717) is 0 Å². The van der Waals surface area contributed by atoms with E-state index in [0.717, 1.165) is 66.9 Å². The molecule has 2 aromatic heterocycles. The van der Waals surface area contributed by atoms with Gasteiger partial charge in [-0.15, -0.1) is 0 Å². The van der Waals surface area contributed by atoms with Crippen LogP contribution in [0.1, 0.15) is 0 Å².